The number of methoxy groups -OCH3 is 2. The number of benzene rings is 2. The molecule has 336 valence electrons. The van der Waals surface area contributed by atoms with E-state index < -0.39 is 28.2 Å². The summed E-state index contributed by atoms with van der Waals surface area (Å²) in [6.07, 6.45) is 8.30. The van der Waals surface area contributed by atoms with Crippen LogP contribution >= 0.6 is 0 Å². The van der Waals surface area contributed by atoms with E-state index in [9.17, 15) is 19.2 Å². The molecule has 0 saturated heterocycles. The zero-order valence-corrected chi connectivity index (χ0v) is 39.7. The summed E-state index contributed by atoms with van der Waals surface area (Å²) < 4.78 is 36.2. The van der Waals surface area contributed by atoms with Crippen molar-refractivity contribution in [1.82, 2.24) is 9.80 Å². The van der Waals surface area contributed by atoms with E-state index in [4.69, 9.17) is 34.2 Å². The molecule has 4 aliphatic rings. The lowest BCUT2D eigenvalue weighted by molar-refractivity contribution is -0.123. The number of hydrogen-bond acceptors (Lipinski definition) is 11. The van der Waals surface area contributed by atoms with E-state index in [2.05, 4.69) is 39.3 Å². The third-order valence-electron chi connectivity index (χ3n) is 11.2. The predicted molar refractivity (Wildman–Crippen MR) is 244 cm³/mol. The molecule has 2 aromatic rings. The van der Waals surface area contributed by atoms with Gasteiger partial charge in [0.25, 0.3) is 23.6 Å². The van der Waals surface area contributed by atoms with Crippen LogP contribution < -0.4 is 34.5 Å². The minimum Gasteiger partial charge on any atom is -0.493 e. The monoisotopic (exact) mass is 889 g/mol. The summed E-state index contributed by atoms with van der Waals surface area (Å²) in [4.78, 5) is 62.5. The zero-order chi connectivity index (χ0) is 44.9. The van der Waals surface area contributed by atoms with Crippen LogP contribution in [0.15, 0.2) is 60.0 Å². The van der Waals surface area contributed by atoms with Gasteiger partial charge >= 0.3 is 0 Å². The van der Waals surface area contributed by atoms with Crippen LogP contribution in [-0.4, -0.2) is 122 Å². The molecule has 2 N–H and O–H groups in total. The Hall–Kier alpha value is -4.95. The molecule has 4 heterocycles. The molecular formula is C45H63N5O10Si2. The van der Waals surface area contributed by atoms with Crippen LogP contribution in [0.3, 0.4) is 0 Å². The van der Waals surface area contributed by atoms with Crippen molar-refractivity contribution in [2.24, 2.45) is 5.73 Å². The molecule has 0 fully saturated rings. The van der Waals surface area contributed by atoms with Crippen molar-refractivity contribution in [3.63, 3.8) is 0 Å². The molecule has 2 atom stereocenters. The Kier molecular flexibility index (Phi) is 14.7. The van der Waals surface area contributed by atoms with Crippen LogP contribution in [0.4, 0.5) is 11.4 Å². The zero-order valence-electron chi connectivity index (χ0n) is 37.7. The highest BCUT2D eigenvalue weighted by Gasteiger charge is 2.44. The van der Waals surface area contributed by atoms with Gasteiger partial charge in [0.1, 0.15) is 25.5 Å². The van der Waals surface area contributed by atoms with Gasteiger partial charge in [0, 0.05) is 73.3 Å². The van der Waals surface area contributed by atoms with Gasteiger partial charge in [-0.25, -0.2) is 0 Å². The highest BCUT2D eigenvalue weighted by atomic mass is 28.3. The van der Waals surface area contributed by atoms with Crippen molar-refractivity contribution < 1.29 is 47.6 Å². The molecule has 2 aromatic carbocycles. The average Bonchev–Trinajstić information content (AvgIpc) is 3.81. The van der Waals surface area contributed by atoms with Crippen molar-refractivity contribution in [3.05, 3.63) is 71.1 Å². The molecule has 0 spiro atoms. The Bertz CT molecular complexity index is 2130. The first kappa shape index (κ1) is 46.6. The quantitative estimate of drug-likeness (QED) is 0.113. The predicted octanol–water partition coefficient (Wildman–Crippen LogP) is 6.60. The second kappa shape index (κ2) is 19.6. The van der Waals surface area contributed by atoms with Gasteiger partial charge < -0.3 is 44.0 Å². The normalized spacial score (nSPS) is 18.9. The van der Waals surface area contributed by atoms with Crippen molar-refractivity contribution in [2.75, 3.05) is 70.5 Å². The van der Waals surface area contributed by atoms with Gasteiger partial charge in [-0.05, 0) is 43.1 Å². The fraction of sp³-hybridized carbons (Fsp3) is 0.511. The maximum absolute atomic E-state index is 14.3. The van der Waals surface area contributed by atoms with Crippen LogP contribution in [0.2, 0.25) is 51.4 Å². The highest BCUT2D eigenvalue weighted by molar-refractivity contribution is 6.76. The van der Waals surface area contributed by atoms with Crippen LogP contribution in [0.1, 0.15) is 46.9 Å². The van der Waals surface area contributed by atoms with Crippen molar-refractivity contribution >= 4 is 51.2 Å². The molecule has 0 radical (unpaired) electrons. The Morgan fingerprint density at radius 2 is 1.13 bits per heavy atom. The van der Waals surface area contributed by atoms with Gasteiger partial charge in [-0.2, -0.15) is 0 Å². The first-order valence-electron chi connectivity index (χ1n) is 21.3. The number of amides is 4. The topological polar surface area (TPSA) is 163 Å². The molecule has 0 bridgehead atoms. The molecule has 4 amide bonds. The summed E-state index contributed by atoms with van der Waals surface area (Å²) in [5.41, 5.74) is 8.84. The number of carbonyl (C=O) groups excluding carboxylic acids is 4. The first-order valence-corrected chi connectivity index (χ1v) is 28.7. The fourth-order valence-electron chi connectivity index (χ4n) is 7.64. The van der Waals surface area contributed by atoms with E-state index in [1.165, 1.54) is 28.9 Å². The number of fused-ring (bicyclic) bond motifs is 4. The molecule has 0 aliphatic carbocycles. The number of nitrogens with two attached hydrogens (primary N) is 1. The standard InChI is InChI=1S/C45H63N5O10Si2/c1-30-20-36-44(53)49(28-57-16-18-61(4,5)6)34-24-40(38(55-2)22-32(34)42(51)47(36)26-30)59-14-11-15-60-41-25-35-33(23-39(41)56-3)43(52)48-27-31(12-10-13-46)21-37(48)45(54)50(35)29-58-17-19-62(7,8)9/h10,12,22-27,36-37H,11,13-21,28-29,46H2,1-9H3/t36-,37-/m0/s1. The summed E-state index contributed by atoms with van der Waals surface area (Å²) in [6, 6.07) is 7.02. The van der Waals surface area contributed by atoms with Gasteiger partial charge in [-0.1, -0.05) is 57.0 Å². The maximum atomic E-state index is 14.3. The Morgan fingerprint density at radius 1 is 0.661 bits per heavy atom. The van der Waals surface area contributed by atoms with Gasteiger partial charge in [0.15, 0.2) is 23.0 Å². The molecule has 0 saturated carbocycles. The maximum Gasteiger partial charge on any atom is 0.260 e. The molecule has 0 aromatic heterocycles. The fourth-order valence-corrected chi connectivity index (χ4v) is 9.15. The van der Waals surface area contributed by atoms with Gasteiger partial charge in [0.05, 0.1) is 49.9 Å². The Morgan fingerprint density at radius 3 is 1.58 bits per heavy atom. The average molecular weight is 890 g/mol. The molecular weight excluding hydrogens is 827 g/mol. The molecule has 4 aliphatic heterocycles. The van der Waals surface area contributed by atoms with Gasteiger partial charge in [-0.3, -0.25) is 29.0 Å². The number of hydrogen-bond donors (Lipinski definition) is 1. The largest absolute Gasteiger partial charge is 0.493 e. The lowest BCUT2D eigenvalue weighted by Crippen LogP contribution is -2.45. The Balaban J connectivity index is 1.20. The van der Waals surface area contributed by atoms with Crippen molar-refractivity contribution in [3.8, 4) is 23.0 Å². The molecule has 0 unspecified atom stereocenters. The van der Waals surface area contributed by atoms with Gasteiger partial charge in [0.2, 0.25) is 0 Å². The summed E-state index contributed by atoms with van der Waals surface area (Å²) in [5.74, 6) is 0.256. The highest BCUT2D eigenvalue weighted by Crippen LogP contribution is 2.42. The smallest absolute Gasteiger partial charge is 0.260 e. The second-order valence-corrected chi connectivity index (χ2v) is 29.7. The lowest BCUT2D eigenvalue weighted by atomic mass is 10.1. The molecule has 15 nitrogen and oxygen atoms in total. The van der Waals surface area contributed by atoms with E-state index >= 15 is 0 Å². The van der Waals surface area contributed by atoms with Gasteiger partial charge in [-0.15, -0.1) is 0 Å². The summed E-state index contributed by atoms with van der Waals surface area (Å²) in [5, 5.41) is 0. The number of allylic oxidation sites excluding steroid dienone is 1. The van der Waals surface area contributed by atoms with E-state index in [1.807, 2.05) is 13.0 Å². The van der Waals surface area contributed by atoms with Crippen molar-refractivity contribution in [2.45, 2.75) is 89.6 Å². The molecule has 62 heavy (non-hydrogen) atoms. The number of rotatable bonds is 20. The minimum absolute atomic E-state index is 0.00300. The number of ether oxygens (including phenoxy) is 6. The number of anilines is 2. The lowest BCUT2D eigenvalue weighted by Gasteiger charge is -2.27. The summed E-state index contributed by atoms with van der Waals surface area (Å²) in [7, 11) is 0.202. The van der Waals surface area contributed by atoms with Crippen LogP contribution in [0.5, 0.6) is 23.0 Å². The van der Waals surface area contributed by atoms with Crippen LogP contribution in [0.25, 0.3) is 0 Å². The number of nitrogens with zero attached hydrogens (tertiary/aromatic N) is 4. The summed E-state index contributed by atoms with van der Waals surface area (Å²) in [6.45, 7) is 17.2. The van der Waals surface area contributed by atoms with E-state index in [0.717, 1.165) is 23.2 Å². The number of carbonyl (C=O) groups is 4. The van der Waals surface area contributed by atoms with E-state index in [0.29, 0.717) is 79.0 Å². The third-order valence-corrected chi connectivity index (χ3v) is 14.6. The molecule has 6 rings (SSSR count). The van der Waals surface area contributed by atoms with E-state index in [1.54, 1.807) is 47.6 Å². The van der Waals surface area contributed by atoms with Crippen LogP contribution in [-0.2, 0) is 19.1 Å². The SMILES string of the molecule is COc1cc2c(cc1OCCCOc1cc3c(cc1OC)C(=O)N1C=C(C=CCN)C[C@H]1C(=O)N3COCC[Si](C)(C)C)N(COCC[Si](C)(C)C)C(=O)[C@@H]1CC(C)=CN1C2=O. The minimum atomic E-state index is -1.41. The Labute approximate surface area is 367 Å². The van der Waals surface area contributed by atoms with Crippen molar-refractivity contribution in [1.29, 1.82) is 0 Å². The van der Waals surface area contributed by atoms with Crippen LogP contribution in [0, 0.1) is 0 Å². The third kappa shape index (κ3) is 10.6. The summed E-state index contributed by atoms with van der Waals surface area (Å²) >= 11 is 0. The molecule has 17 heteroatoms. The van der Waals surface area contributed by atoms with E-state index in [-0.39, 0.29) is 55.9 Å². The first-order chi connectivity index (χ1) is 29.4. The second-order valence-electron chi connectivity index (χ2n) is 18.5.